The molecule has 5 nitrogen and oxygen atoms in total. The van der Waals surface area contributed by atoms with Crippen molar-refractivity contribution in [3.8, 4) is 17.6 Å². The Morgan fingerprint density at radius 2 is 2.17 bits per heavy atom. The Labute approximate surface area is 105 Å². The van der Waals surface area contributed by atoms with Crippen LogP contribution in [0.2, 0.25) is 0 Å². The number of amides is 1. The van der Waals surface area contributed by atoms with Gasteiger partial charge in [0.15, 0.2) is 0 Å². The van der Waals surface area contributed by atoms with Crippen LogP contribution >= 0.6 is 0 Å². The number of benzene rings is 1. The minimum absolute atomic E-state index is 0.0628. The average molecular weight is 246 g/mol. The maximum absolute atomic E-state index is 12.3. The number of rotatable bonds is 4. The van der Waals surface area contributed by atoms with Gasteiger partial charge in [0.1, 0.15) is 11.5 Å². The van der Waals surface area contributed by atoms with Gasteiger partial charge in [-0.1, -0.05) is 0 Å². The van der Waals surface area contributed by atoms with Crippen LogP contribution in [0.25, 0.3) is 0 Å². The zero-order valence-corrected chi connectivity index (χ0v) is 9.83. The van der Waals surface area contributed by atoms with E-state index in [0.29, 0.717) is 6.54 Å². The Kier molecular flexibility index (Phi) is 3.38. The maximum atomic E-state index is 12.3. The average Bonchev–Trinajstić information content (AvgIpc) is 3.17. The molecule has 0 spiro atoms. The van der Waals surface area contributed by atoms with Crippen LogP contribution in [0, 0.1) is 11.3 Å². The Hall–Kier alpha value is -2.22. The number of phenolic OH excluding ortho intramolecular Hbond substituents is 2. The van der Waals surface area contributed by atoms with Crippen LogP contribution in [-0.2, 0) is 0 Å². The van der Waals surface area contributed by atoms with Crippen molar-refractivity contribution in [2.45, 2.75) is 25.3 Å². The molecule has 1 fully saturated rings. The Bertz CT molecular complexity index is 503. The summed E-state index contributed by atoms with van der Waals surface area (Å²) in [5, 5.41) is 27.6. The number of carbonyl (C=O) groups excluding carboxylic acids is 1. The van der Waals surface area contributed by atoms with Crippen molar-refractivity contribution < 1.29 is 15.0 Å². The molecular weight excluding hydrogens is 232 g/mol. The summed E-state index contributed by atoms with van der Waals surface area (Å²) in [6, 6.07) is 6.03. The number of hydrogen-bond acceptors (Lipinski definition) is 4. The summed E-state index contributed by atoms with van der Waals surface area (Å²) in [5.41, 5.74) is 0.0832. The van der Waals surface area contributed by atoms with Gasteiger partial charge in [0.2, 0.25) is 0 Å². The highest BCUT2D eigenvalue weighted by Crippen LogP contribution is 2.31. The van der Waals surface area contributed by atoms with Gasteiger partial charge in [0, 0.05) is 12.6 Å². The van der Waals surface area contributed by atoms with E-state index in [1.807, 2.05) is 6.07 Å². The number of carbonyl (C=O) groups is 1. The largest absolute Gasteiger partial charge is 0.508 e. The lowest BCUT2D eigenvalue weighted by Crippen LogP contribution is -2.33. The van der Waals surface area contributed by atoms with E-state index in [0.717, 1.165) is 12.8 Å². The predicted octanol–water partition coefficient (Wildman–Crippen LogP) is 1.62. The van der Waals surface area contributed by atoms with Crippen molar-refractivity contribution in [3.05, 3.63) is 23.8 Å². The fourth-order valence-electron chi connectivity index (χ4n) is 1.86. The molecule has 1 aromatic carbocycles. The van der Waals surface area contributed by atoms with E-state index in [4.69, 9.17) is 5.26 Å². The zero-order chi connectivity index (χ0) is 13.1. The molecule has 0 radical (unpaired) electrons. The Morgan fingerprint density at radius 1 is 1.44 bits per heavy atom. The zero-order valence-electron chi connectivity index (χ0n) is 9.83. The molecule has 0 atom stereocenters. The molecule has 0 saturated heterocycles. The second-order valence-electron chi connectivity index (χ2n) is 4.34. The first-order chi connectivity index (χ1) is 8.63. The van der Waals surface area contributed by atoms with E-state index in [1.54, 1.807) is 4.90 Å². The summed E-state index contributed by atoms with van der Waals surface area (Å²) in [6.07, 6.45) is 2.12. The van der Waals surface area contributed by atoms with E-state index < -0.39 is 0 Å². The molecule has 1 saturated carbocycles. The molecule has 5 heteroatoms. The third-order valence-corrected chi connectivity index (χ3v) is 2.92. The van der Waals surface area contributed by atoms with E-state index in [1.165, 1.54) is 18.2 Å². The minimum Gasteiger partial charge on any atom is -0.508 e. The van der Waals surface area contributed by atoms with Gasteiger partial charge < -0.3 is 15.1 Å². The van der Waals surface area contributed by atoms with Crippen LogP contribution in [0.4, 0.5) is 0 Å². The molecule has 2 rings (SSSR count). The van der Waals surface area contributed by atoms with Crippen LogP contribution in [-0.4, -0.2) is 33.6 Å². The summed E-state index contributed by atoms with van der Waals surface area (Å²) < 4.78 is 0. The quantitative estimate of drug-likeness (QED) is 0.790. The molecule has 0 aliphatic heterocycles. The van der Waals surface area contributed by atoms with Crippen molar-refractivity contribution in [2.24, 2.45) is 0 Å². The molecule has 1 aliphatic carbocycles. The van der Waals surface area contributed by atoms with E-state index in [-0.39, 0.29) is 35.4 Å². The standard InChI is InChI=1S/C13H14N2O3/c14-6-1-7-15(9-2-3-9)13(18)11-8-10(16)4-5-12(11)17/h4-5,8-9,16-17H,1-3,7H2. The SMILES string of the molecule is N#CCCN(C(=O)c1cc(O)ccc1O)C1CC1. The van der Waals surface area contributed by atoms with Gasteiger partial charge in [-0.2, -0.15) is 5.26 Å². The van der Waals surface area contributed by atoms with Gasteiger partial charge in [-0.15, -0.1) is 0 Å². The maximum Gasteiger partial charge on any atom is 0.258 e. The van der Waals surface area contributed by atoms with Crippen LogP contribution in [0.3, 0.4) is 0 Å². The first-order valence-electron chi connectivity index (χ1n) is 5.83. The number of hydrogen-bond donors (Lipinski definition) is 2. The lowest BCUT2D eigenvalue weighted by atomic mass is 10.1. The molecule has 0 heterocycles. The number of nitriles is 1. The van der Waals surface area contributed by atoms with Crippen LogP contribution in [0.1, 0.15) is 29.6 Å². The number of aromatic hydroxyl groups is 2. The van der Waals surface area contributed by atoms with Gasteiger partial charge in [-0.25, -0.2) is 0 Å². The fourth-order valence-corrected chi connectivity index (χ4v) is 1.86. The smallest absolute Gasteiger partial charge is 0.258 e. The minimum atomic E-state index is -0.332. The molecule has 1 aromatic rings. The van der Waals surface area contributed by atoms with Gasteiger partial charge in [-0.05, 0) is 31.0 Å². The topological polar surface area (TPSA) is 84.6 Å². The first-order valence-corrected chi connectivity index (χ1v) is 5.83. The number of phenols is 2. The number of nitrogens with zero attached hydrogens (tertiary/aromatic N) is 2. The van der Waals surface area contributed by atoms with Crippen LogP contribution < -0.4 is 0 Å². The molecule has 0 unspecified atom stereocenters. The van der Waals surface area contributed by atoms with E-state index >= 15 is 0 Å². The van der Waals surface area contributed by atoms with Crippen LogP contribution in [0.15, 0.2) is 18.2 Å². The summed E-state index contributed by atoms with van der Waals surface area (Å²) in [4.78, 5) is 13.8. The monoisotopic (exact) mass is 246 g/mol. The summed E-state index contributed by atoms with van der Waals surface area (Å²) in [7, 11) is 0. The summed E-state index contributed by atoms with van der Waals surface area (Å²) in [5.74, 6) is -0.547. The normalized spacial score (nSPS) is 13.9. The third kappa shape index (κ3) is 2.54. The molecule has 2 N–H and O–H groups in total. The Balaban J connectivity index is 2.22. The van der Waals surface area contributed by atoms with Gasteiger partial charge in [0.25, 0.3) is 5.91 Å². The third-order valence-electron chi connectivity index (χ3n) is 2.92. The molecule has 94 valence electrons. The lowest BCUT2D eigenvalue weighted by molar-refractivity contribution is 0.0743. The highest BCUT2D eigenvalue weighted by atomic mass is 16.3. The van der Waals surface area contributed by atoms with Crippen molar-refractivity contribution in [1.29, 1.82) is 5.26 Å². The van der Waals surface area contributed by atoms with Crippen molar-refractivity contribution in [1.82, 2.24) is 4.90 Å². The van der Waals surface area contributed by atoms with Gasteiger partial charge >= 0.3 is 0 Å². The van der Waals surface area contributed by atoms with Gasteiger partial charge in [-0.3, -0.25) is 4.79 Å². The van der Waals surface area contributed by atoms with Crippen molar-refractivity contribution >= 4 is 5.91 Å². The summed E-state index contributed by atoms with van der Waals surface area (Å²) >= 11 is 0. The molecule has 0 aromatic heterocycles. The highest BCUT2D eigenvalue weighted by molar-refractivity contribution is 5.97. The van der Waals surface area contributed by atoms with Crippen LogP contribution in [0.5, 0.6) is 11.5 Å². The van der Waals surface area contributed by atoms with Crippen molar-refractivity contribution in [2.75, 3.05) is 6.54 Å². The van der Waals surface area contributed by atoms with E-state index in [2.05, 4.69) is 0 Å². The molecule has 1 aliphatic rings. The molecule has 1 amide bonds. The fraction of sp³-hybridized carbons (Fsp3) is 0.385. The summed E-state index contributed by atoms with van der Waals surface area (Å²) in [6.45, 7) is 0.356. The second-order valence-corrected chi connectivity index (χ2v) is 4.34. The lowest BCUT2D eigenvalue weighted by Gasteiger charge is -2.21. The second kappa shape index (κ2) is 4.96. The molecular formula is C13H14N2O3. The van der Waals surface area contributed by atoms with Crippen molar-refractivity contribution in [3.63, 3.8) is 0 Å². The molecule has 18 heavy (non-hydrogen) atoms. The van der Waals surface area contributed by atoms with E-state index in [9.17, 15) is 15.0 Å². The van der Waals surface area contributed by atoms with Gasteiger partial charge in [0.05, 0.1) is 18.1 Å². The highest BCUT2D eigenvalue weighted by Gasteiger charge is 2.33. The Morgan fingerprint density at radius 3 is 2.78 bits per heavy atom. The predicted molar refractivity (Wildman–Crippen MR) is 64.1 cm³/mol. The molecule has 0 bridgehead atoms. The first kappa shape index (κ1) is 12.2.